The fourth-order valence-electron chi connectivity index (χ4n) is 3.69. The third kappa shape index (κ3) is 2.62. The van der Waals surface area contributed by atoms with Gasteiger partial charge in [0.2, 0.25) is 0 Å². The first kappa shape index (κ1) is 13.7. The number of ether oxygens (including phenoxy) is 2. The van der Waals surface area contributed by atoms with Crippen molar-refractivity contribution >= 4 is 17.2 Å². The Kier molecular flexibility index (Phi) is 3.52. The van der Waals surface area contributed by atoms with E-state index >= 15 is 0 Å². The Morgan fingerprint density at radius 2 is 2.00 bits per heavy atom. The van der Waals surface area contributed by atoms with Crippen molar-refractivity contribution in [3.63, 3.8) is 0 Å². The number of hydrogen-bond acceptors (Lipinski definition) is 4. The van der Waals surface area contributed by atoms with Gasteiger partial charge in [-0.3, -0.25) is 4.79 Å². The Bertz CT molecular complexity index is 516. The molecular weight excluding hydrogens is 286 g/mol. The van der Waals surface area contributed by atoms with E-state index in [4.69, 9.17) is 9.47 Å². The molecule has 0 aromatic carbocycles. The van der Waals surface area contributed by atoms with E-state index in [9.17, 15) is 4.79 Å². The van der Waals surface area contributed by atoms with Crippen LogP contribution >= 0.6 is 11.3 Å². The molecule has 1 amide bonds. The van der Waals surface area contributed by atoms with E-state index in [0.717, 1.165) is 43.4 Å². The molecule has 0 bridgehead atoms. The first-order valence-electron chi connectivity index (χ1n) is 7.94. The number of rotatable bonds is 2. The zero-order valence-corrected chi connectivity index (χ0v) is 13.0. The number of amides is 1. The van der Waals surface area contributed by atoms with Crippen molar-refractivity contribution in [3.8, 4) is 0 Å². The molecule has 1 saturated heterocycles. The lowest BCUT2D eigenvalue weighted by atomic mass is 9.90. The molecule has 2 heterocycles. The molecule has 0 radical (unpaired) electrons. The SMILES string of the molecule is O=C(NC1CCC2(CC1)OCCO2)c1cc2c(s1)CCC2. The van der Waals surface area contributed by atoms with Gasteiger partial charge in [0.25, 0.3) is 5.91 Å². The second-order valence-corrected chi connectivity index (χ2v) is 7.40. The van der Waals surface area contributed by atoms with Gasteiger partial charge in [0.15, 0.2) is 5.79 Å². The summed E-state index contributed by atoms with van der Waals surface area (Å²) in [5.74, 6) is -0.241. The first-order valence-corrected chi connectivity index (χ1v) is 8.76. The van der Waals surface area contributed by atoms with E-state index in [1.165, 1.54) is 16.9 Å². The number of nitrogens with one attached hydrogen (secondary N) is 1. The minimum absolute atomic E-state index is 0.101. The normalized spacial score (nSPS) is 24.4. The maximum absolute atomic E-state index is 12.4. The Morgan fingerprint density at radius 3 is 2.71 bits per heavy atom. The van der Waals surface area contributed by atoms with Crippen LogP contribution in [0.25, 0.3) is 0 Å². The monoisotopic (exact) mass is 307 g/mol. The van der Waals surface area contributed by atoms with Crippen LogP contribution in [-0.4, -0.2) is 30.9 Å². The predicted molar refractivity (Wildman–Crippen MR) is 80.7 cm³/mol. The van der Waals surface area contributed by atoms with Gasteiger partial charge >= 0.3 is 0 Å². The van der Waals surface area contributed by atoms with Gasteiger partial charge in [0, 0.05) is 23.8 Å². The van der Waals surface area contributed by atoms with E-state index in [-0.39, 0.29) is 17.7 Å². The summed E-state index contributed by atoms with van der Waals surface area (Å²) >= 11 is 1.68. The molecule has 2 fully saturated rings. The van der Waals surface area contributed by atoms with E-state index < -0.39 is 0 Å². The summed E-state index contributed by atoms with van der Waals surface area (Å²) in [6.45, 7) is 1.41. The number of hydrogen-bond donors (Lipinski definition) is 1. The van der Waals surface area contributed by atoms with Crippen LogP contribution in [0.5, 0.6) is 0 Å². The third-order valence-corrected chi connectivity index (χ3v) is 6.10. The molecule has 1 aromatic heterocycles. The second-order valence-electron chi connectivity index (χ2n) is 6.27. The van der Waals surface area contributed by atoms with Crippen molar-refractivity contribution in [2.24, 2.45) is 0 Å². The Morgan fingerprint density at radius 1 is 1.24 bits per heavy atom. The highest BCUT2D eigenvalue weighted by Gasteiger charge is 2.40. The minimum Gasteiger partial charge on any atom is -0.349 e. The summed E-state index contributed by atoms with van der Waals surface area (Å²) in [7, 11) is 0. The van der Waals surface area contributed by atoms with Gasteiger partial charge in [-0.15, -0.1) is 11.3 Å². The molecule has 4 nitrogen and oxygen atoms in total. The Hall–Kier alpha value is -0.910. The molecule has 0 atom stereocenters. The summed E-state index contributed by atoms with van der Waals surface area (Å²) in [5, 5.41) is 3.19. The molecule has 1 aliphatic heterocycles. The molecule has 0 unspecified atom stereocenters. The molecule has 114 valence electrons. The Labute approximate surface area is 128 Å². The van der Waals surface area contributed by atoms with Crippen molar-refractivity contribution < 1.29 is 14.3 Å². The molecule has 1 saturated carbocycles. The van der Waals surface area contributed by atoms with Crippen molar-refractivity contribution in [1.29, 1.82) is 0 Å². The fourth-order valence-corrected chi connectivity index (χ4v) is 4.84. The highest BCUT2D eigenvalue weighted by Crippen LogP contribution is 2.36. The largest absolute Gasteiger partial charge is 0.349 e. The number of thiophene rings is 1. The average molecular weight is 307 g/mol. The van der Waals surface area contributed by atoms with Crippen molar-refractivity contribution in [1.82, 2.24) is 5.32 Å². The standard InChI is InChI=1S/C16H21NO3S/c18-15(14-10-11-2-1-3-13(11)21-14)17-12-4-6-16(7-5-12)19-8-9-20-16/h10,12H,1-9H2,(H,17,18). The number of fused-ring (bicyclic) bond motifs is 1. The zero-order chi connectivity index (χ0) is 14.3. The summed E-state index contributed by atoms with van der Waals surface area (Å²) < 4.78 is 11.5. The number of carbonyl (C=O) groups is 1. The number of aryl methyl sites for hydroxylation is 2. The molecule has 1 N–H and O–H groups in total. The topological polar surface area (TPSA) is 47.6 Å². The van der Waals surface area contributed by atoms with Crippen LogP contribution in [0.15, 0.2) is 6.07 Å². The van der Waals surface area contributed by atoms with Crippen molar-refractivity contribution in [2.45, 2.75) is 56.8 Å². The van der Waals surface area contributed by atoms with Gasteiger partial charge in [0.05, 0.1) is 18.1 Å². The zero-order valence-electron chi connectivity index (χ0n) is 12.2. The van der Waals surface area contributed by atoms with Crippen LogP contribution < -0.4 is 5.32 Å². The van der Waals surface area contributed by atoms with Gasteiger partial charge in [-0.25, -0.2) is 0 Å². The smallest absolute Gasteiger partial charge is 0.261 e. The quantitative estimate of drug-likeness (QED) is 0.914. The van der Waals surface area contributed by atoms with Crippen LogP contribution in [0.3, 0.4) is 0 Å². The van der Waals surface area contributed by atoms with E-state index in [1.807, 2.05) is 0 Å². The molecule has 2 aliphatic carbocycles. The summed E-state index contributed by atoms with van der Waals surface area (Å²) in [6, 6.07) is 2.35. The highest BCUT2D eigenvalue weighted by molar-refractivity contribution is 7.14. The molecule has 21 heavy (non-hydrogen) atoms. The van der Waals surface area contributed by atoms with Crippen LogP contribution in [0.4, 0.5) is 0 Å². The van der Waals surface area contributed by atoms with Crippen LogP contribution in [0.2, 0.25) is 0 Å². The molecule has 1 spiro atoms. The lowest BCUT2D eigenvalue weighted by molar-refractivity contribution is -0.179. The highest BCUT2D eigenvalue weighted by atomic mass is 32.1. The lowest BCUT2D eigenvalue weighted by Gasteiger charge is -2.35. The van der Waals surface area contributed by atoms with Gasteiger partial charge in [-0.05, 0) is 43.7 Å². The number of carbonyl (C=O) groups excluding carboxylic acids is 1. The van der Waals surface area contributed by atoms with Gasteiger partial charge in [-0.2, -0.15) is 0 Å². The summed E-state index contributed by atoms with van der Waals surface area (Å²) in [4.78, 5) is 14.7. The van der Waals surface area contributed by atoms with E-state index in [1.54, 1.807) is 11.3 Å². The van der Waals surface area contributed by atoms with E-state index in [2.05, 4.69) is 11.4 Å². The van der Waals surface area contributed by atoms with Crippen LogP contribution in [-0.2, 0) is 22.3 Å². The van der Waals surface area contributed by atoms with Gasteiger partial charge in [-0.1, -0.05) is 0 Å². The predicted octanol–water partition coefficient (Wildman–Crippen LogP) is 2.65. The minimum atomic E-state index is -0.342. The first-order chi connectivity index (χ1) is 10.2. The molecule has 3 aliphatic rings. The second kappa shape index (κ2) is 5.38. The molecule has 4 rings (SSSR count). The van der Waals surface area contributed by atoms with Gasteiger partial charge in [0.1, 0.15) is 0 Å². The van der Waals surface area contributed by atoms with Gasteiger partial charge < -0.3 is 14.8 Å². The fraction of sp³-hybridized carbons (Fsp3) is 0.688. The molecular formula is C16H21NO3S. The maximum atomic E-state index is 12.4. The van der Waals surface area contributed by atoms with Crippen molar-refractivity contribution in [2.75, 3.05) is 13.2 Å². The maximum Gasteiger partial charge on any atom is 0.261 e. The lowest BCUT2D eigenvalue weighted by Crippen LogP contribution is -2.43. The van der Waals surface area contributed by atoms with Crippen molar-refractivity contribution in [3.05, 3.63) is 21.4 Å². The molecule has 1 aromatic rings. The summed E-state index contributed by atoms with van der Waals surface area (Å²) in [6.07, 6.45) is 7.19. The van der Waals surface area contributed by atoms with Crippen LogP contribution in [0, 0.1) is 0 Å². The average Bonchev–Trinajstić information content (AvgIpc) is 3.17. The molecule has 5 heteroatoms. The Balaban J connectivity index is 1.34. The summed E-state index contributed by atoms with van der Waals surface area (Å²) in [5.41, 5.74) is 1.39. The van der Waals surface area contributed by atoms with Crippen LogP contribution in [0.1, 0.15) is 52.2 Å². The third-order valence-electron chi connectivity index (χ3n) is 4.87. The van der Waals surface area contributed by atoms with E-state index in [0.29, 0.717) is 13.2 Å².